The van der Waals surface area contributed by atoms with Gasteiger partial charge in [0.25, 0.3) is 0 Å². The second-order valence-corrected chi connectivity index (χ2v) is 5.38. The molecular formula is C18H25N5O2. The van der Waals surface area contributed by atoms with Crippen LogP contribution in [0.2, 0.25) is 0 Å². The fourth-order valence-electron chi connectivity index (χ4n) is 2.26. The van der Waals surface area contributed by atoms with Crippen molar-refractivity contribution in [2.24, 2.45) is 4.99 Å². The molecule has 0 radical (unpaired) electrons. The van der Waals surface area contributed by atoms with Gasteiger partial charge in [0.05, 0.1) is 25.8 Å². The van der Waals surface area contributed by atoms with Crippen molar-refractivity contribution in [1.29, 1.82) is 0 Å². The molecule has 1 heterocycles. The minimum absolute atomic E-state index is 0.253. The number of benzene rings is 1. The van der Waals surface area contributed by atoms with E-state index in [9.17, 15) is 4.79 Å². The lowest BCUT2D eigenvalue weighted by atomic mass is 10.1. The first-order chi connectivity index (χ1) is 12.2. The molecule has 2 N–H and O–H groups in total. The van der Waals surface area contributed by atoms with Crippen molar-refractivity contribution in [3.05, 3.63) is 48.3 Å². The summed E-state index contributed by atoms with van der Waals surface area (Å²) in [7, 11) is 1.38. The van der Waals surface area contributed by atoms with Crippen LogP contribution in [-0.2, 0) is 16.0 Å². The Kier molecular flexibility index (Phi) is 7.49. The Labute approximate surface area is 148 Å². The summed E-state index contributed by atoms with van der Waals surface area (Å²) in [6, 6.07) is 10.2. The first-order valence-corrected chi connectivity index (χ1v) is 8.41. The zero-order chi connectivity index (χ0) is 17.9. The van der Waals surface area contributed by atoms with Crippen molar-refractivity contribution in [1.82, 2.24) is 20.4 Å². The van der Waals surface area contributed by atoms with Crippen LogP contribution in [0.4, 0.5) is 0 Å². The number of esters is 1. The van der Waals surface area contributed by atoms with Crippen molar-refractivity contribution in [2.45, 2.75) is 19.8 Å². The van der Waals surface area contributed by atoms with Crippen LogP contribution in [0.3, 0.4) is 0 Å². The van der Waals surface area contributed by atoms with Crippen LogP contribution < -0.4 is 10.6 Å². The largest absolute Gasteiger partial charge is 0.469 e. The average Bonchev–Trinajstić information content (AvgIpc) is 3.17. The van der Waals surface area contributed by atoms with Crippen molar-refractivity contribution in [3.63, 3.8) is 0 Å². The lowest BCUT2D eigenvalue weighted by Gasteiger charge is -2.11. The molecule has 0 unspecified atom stereocenters. The summed E-state index contributed by atoms with van der Waals surface area (Å²) < 4.78 is 6.44. The highest BCUT2D eigenvalue weighted by atomic mass is 16.5. The van der Waals surface area contributed by atoms with Crippen LogP contribution >= 0.6 is 0 Å². The molecule has 7 heteroatoms. The van der Waals surface area contributed by atoms with Gasteiger partial charge in [0, 0.05) is 25.5 Å². The number of rotatable bonds is 8. The smallest absolute Gasteiger partial charge is 0.307 e. The van der Waals surface area contributed by atoms with Gasteiger partial charge < -0.3 is 15.4 Å². The molecule has 0 amide bonds. The number of nitrogens with one attached hydrogen (secondary N) is 2. The lowest BCUT2D eigenvalue weighted by Crippen LogP contribution is -2.38. The molecule has 0 saturated carbocycles. The Morgan fingerprint density at radius 1 is 1.28 bits per heavy atom. The van der Waals surface area contributed by atoms with Crippen molar-refractivity contribution in [3.8, 4) is 5.69 Å². The Bertz CT molecular complexity index is 665. The Hall–Kier alpha value is -2.83. The molecule has 7 nitrogen and oxygen atoms in total. The number of guanidine groups is 1. The third-order valence-electron chi connectivity index (χ3n) is 3.57. The van der Waals surface area contributed by atoms with E-state index in [2.05, 4.69) is 49.7 Å². The van der Waals surface area contributed by atoms with Gasteiger partial charge in [-0.15, -0.1) is 0 Å². The van der Waals surface area contributed by atoms with E-state index < -0.39 is 0 Å². The third-order valence-corrected chi connectivity index (χ3v) is 3.57. The molecule has 0 aliphatic carbocycles. The maximum absolute atomic E-state index is 11.1. The molecule has 2 rings (SSSR count). The molecule has 1 aromatic carbocycles. The fraction of sp³-hybridized carbons (Fsp3) is 0.389. The number of aromatic nitrogens is 2. The Balaban J connectivity index is 1.80. The maximum atomic E-state index is 11.1. The van der Waals surface area contributed by atoms with Gasteiger partial charge in [-0.2, -0.15) is 5.10 Å². The van der Waals surface area contributed by atoms with Gasteiger partial charge in [-0.1, -0.05) is 12.1 Å². The number of hydrogen-bond acceptors (Lipinski definition) is 4. The normalized spacial score (nSPS) is 11.2. The van der Waals surface area contributed by atoms with Crippen molar-refractivity contribution >= 4 is 11.9 Å². The van der Waals surface area contributed by atoms with E-state index in [0.29, 0.717) is 12.5 Å². The molecule has 1 aromatic heterocycles. The number of ether oxygens (including phenoxy) is 1. The number of carbonyl (C=O) groups is 1. The molecule has 0 aliphatic rings. The van der Waals surface area contributed by atoms with E-state index >= 15 is 0 Å². The summed E-state index contributed by atoms with van der Waals surface area (Å²) in [5.74, 6) is 0.455. The number of carbonyl (C=O) groups excluding carboxylic acids is 1. The van der Waals surface area contributed by atoms with Gasteiger partial charge in [-0.25, -0.2) is 4.68 Å². The molecule has 0 atom stereocenters. The van der Waals surface area contributed by atoms with Crippen molar-refractivity contribution in [2.75, 3.05) is 26.7 Å². The zero-order valence-electron chi connectivity index (χ0n) is 14.7. The molecule has 2 aromatic rings. The van der Waals surface area contributed by atoms with E-state index in [0.717, 1.165) is 25.2 Å². The van der Waals surface area contributed by atoms with Crippen molar-refractivity contribution < 1.29 is 9.53 Å². The maximum Gasteiger partial charge on any atom is 0.307 e. The van der Waals surface area contributed by atoms with Gasteiger partial charge in [-0.05, 0) is 37.1 Å². The quantitative estimate of drug-likeness (QED) is 0.432. The van der Waals surface area contributed by atoms with E-state index in [1.807, 2.05) is 23.9 Å². The van der Waals surface area contributed by atoms with Crippen LogP contribution in [0.1, 0.15) is 18.9 Å². The highest BCUT2D eigenvalue weighted by Crippen LogP contribution is 2.08. The molecule has 0 spiro atoms. The predicted molar refractivity (Wildman–Crippen MR) is 97.9 cm³/mol. The van der Waals surface area contributed by atoms with Crippen LogP contribution in [0.15, 0.2) is 47.7 Å². The predicted octanol–water partition coefficient (Wildman–Crippen LogP) is 1.53. The number of aliphatic imine (C=N–C) groups is 1. The number of nitrogens with zero attached hydrogens (tertiary/aromatic N) is 3. The highest BCUT2D eigenvalue weighted by molar-refractivity contribution is 5.80. The van der Waals surface area contributed by atoms with Gasteiger partial charge in [0.2, 0.25) is 0 Å². The SMILES string of the molecule is CCNC(=NCCC(=O)OC)NCCc1ccc(-n2cccn2)cc1. The summed E-state index contributed by atoms with van der Waals surface area (Å²) in [4.78, 5) is 15.5. The Morgan fingerprint density at radius 2 is 2.08 bits per heavy atom. The molecule has 0 bridgehead atoms. The summed E-state index contributed by atoms with van der Waals surface area (Å²) >= 11 is 0. The third kappa shape index (κ3) is 6.29. The topological polar surface area (TPSA) is 80.5 Å². The van der Waals surface area contributed by atoms with Crippen LogP contribution in [-0.4, -0.2) is 48.5 Å². The van der Waals surface area contributed by atoms with Gasteiger partial charge >= 0.3 is 5.97 Å². The average molecular weight is 343 g/mol. The van der Waals surface area contributed by atoms with Crippen LogP contribution in [0.25, 0.3) is 5.69 Å². The van der Waals surface area contributed by atoms with E-state index in [4.69, 9.17) is 0 Å². The van der Waals surface area contributed by atoms with Crippen LogP contribution in [0.5, 0.6) is 0 Å². The molecule has 0 fully saturated rings. The van der Waals surface area contributed by atoms with Gasteiger partial charge in [0.1, 0.15) is 0 Å². The first kappa shape index (κ1) is 18.5. The molecule has 25 heavy (non-hydrogen) atoms. The fourth-order valence-corrected chi connectivity index (χ4v) is 2.26. The summed E-state index contributed by atoms with van der Waals surface area (Å²) in [6.07, 6.45) is 4.84. The Morgan fingerprint density at radius 3 is 2.72 bits per heavy atom. The molecule has 134 valence electrons. The summed E-state index contributed by atoms with van der Waals surface area (Å²) in [6.45, 7) is 3.93. The van der Waals surface area contributed by atoms with Crippen LogP contribution in [0, 0.1) is 0 Å². The molecular weight excluding hydrogens is 318 g/mol. The van der Waals surface area contributed by atoms with Gasteiger partial charge in [0.15, 0.2) is 5.96 Å². The highest BCUT2D eigenvalue weighted by Gasteiger charge is 2.02. The second-order valence-electron chi connectivity index (χ2n) is 5.38. The summed E-state index contributed by atoms with van der Waals surface area (Å²) in [5.41, 5.74) is 2.27. The zero-order valence-corrected chi connectivity index (χ0v) is 14.7. The number of hydrogen-bond donors (Lipinski definition) is 2. The van der Waals surface area contributed by atoms with E-state index in [-0.39, 0.29) is 12.4 Å². The molecule has 0 saturated heterocycles. The minimum Gasteiger partial charge on any atom is -0.469 e. The lowest BCUT2D eigenvalue weighted by molar-refractivity contribution is -0.140. The molecule has 0 aliphatic heterocycles. The first-order valence-electron chi connectivity index (χ1n) is 8.41. The minimum atomic E-state index is -0.253. The second kappa shape index (κ2) is 10.1. The monoisotopic (exact) mass is 343 g/mol. The number of methoxy groups -OCH3 is 1. The van der Waals surface area contributed by atoms with E-state index in [1.54, 1.807) is 6.20 Å². The summed E-state index contributed by atoms with van der Waals surface area (Å²) in [5, 5.41) is 10.7. The standard InChI is InChI=1S/C18H25N5O2/c1-3-19-18(21-13-10-17(24)25-2)20-12-9-15-5-7-16(8-6-15)23-14-4-11-22-23/h4-8,11,14H,3,9-10,12-13H2,1-2H3,(H2,19,20,21). The van der Waals surface area contributed by atoms with E-state index in [1.165, 1.54) is 12.7 Å². The van der Waals surface area contributed by atoms with Gasteiger partial charge in [-0.3, -0.25) is 9.79 Å².